The summed E-state index contributed by atoms with van der Waals surface area (Å²) in [6.07, 6.45) is 0. The van der Waals surface area contributed by atoms with Gasteiger partial charge in [0.05, 0.1) is 17.5 Å². The average Bonchev–Trinajstić information content (AvgIpc) is 2.57. The Labute approximate surface area is 136 Å². The quantitative estimate of drug-likeness (QED) is 0.409. The second kappa shape index (κ2) is 6.83. The maximum Gasteiger partial charge on any atom is 0.261 e. The summed E-state index contributed by atoms with van der Waals surface area (Å²) in [7, 11) is 1.71. The summed E-state index contributed by atoms with van der Waals surface area (Å²) >= 11 is 1.45. The van der Waals surface area contributed by atoms with Crippen LogP contribution in [0.25, 0.3) is 10.9 Å². The van der Waals surface area contributed by atoms with Gasteiger partial charge in [0.25, 0.3) is 5.56 Å². The van der Waals surface area contributed by atoms with Crippen molar-refractivity contribution in [1.29, 1.82) is 0 Å². The van der Waals surface area contributed by atoms with E-state index in [1.165, 1.54) is 23.9 Å². The molecule has 3 rings (SSSR count). The average molecular weight is 330 g/mol. The number of halogens is 1. The van der Waals surface area contributed by atoms with Crippen molar-refractivity contribution in [1.82, 2.24) is 9.55 Å². The van der Waals surface area contributed by atoms with Gasteiger partial charge in [0, 0.05) is 12.8 Å². The fourth-order valence-electron chi connectivity index (χ4n) is 2.15. The molecule has 0 amide bonds. The van der Waals surface area contributed by atoms with Crippen molar-refractivity contribution in [3.05, 3.63) is 64.7 Å². The van der Waals surface area contributed by atoms with E-state index in [9.17, 15) is 9.18 Å². The summed E-state index contributed by atoms with van der Waals surface area (Å²) in [5.74, 6) is 0.963. The van der Waals surface area contributed by atoms with E-state index in [4.69, 9.17) is 4.74 Å². The minimum absolute atomic E-state index is 0.0578. The zero-order chi connectivity index (χ0) is 16.2. The number of rotatable bonds is 5. The smallest absolute Gasteiger partial charge is 0.261 e. The van der Waals surface area contributed by atoms with Crippen molar-refractivity contribution in [2.45, 2.75) is 5.16 Å². The van der Waals surface area contributed by atoms with Gasteiger partial charge in [-0.05, 0) is 36.4 Å². The van der Waals surface area contributed by atoms with Crippen LogP contribution in [0.1, 0.15) is 0 Å². The summed E-state index contributed by atoms with van der Waals surface area (Å²) in [4.78, 5) is 16.8. The highest BCUT2D eigenvalue weighted by Crippen LogP contribution is 2.17. The lowest BCUT2D eigenvalue weighted by molar-refractivity contribution is 0.343. The predicted molar refractivity (Wildman–Crippen MR) is 89.6 cm³/mol. The molecular weight excluding hydrogens is 315 g/mol. The lowest BCUT2D eigenvalue weighted by atomic mass is 10.2. The van der Waals surface area contributed by atoms with E-state index >= 15 is 0 Å². The Morgan fingerprint density at radius 1 is 1.17 bits per heavy atom. The molecule has 1 heterocycles. The third-order valence-electron chi connectivity index (χ3n) is 3.34. The summed E-state index contributed by atoms with van der Waals surface area (Å²) < 4.78 is 19.9. The molecule has 118 valence electrons. The minimum atomic E-state index is -0.290. The summed E-state index contributed by atoms with van der Waals surface area (Å²) in [5.41, 5.74) is 0.634. The van der Waals surface area contributed by atoms with Crippen molar-refractivity contribution in [2.75, 3.05) is 12.4 Å². The number of hydrogen-bond donors (Lipinski definition) is 0. The first kappa shape index (κ1) is 15.6. The number of thioether (sulfide) groups is 1. The lowest BCUT2D eigenvalue weighted by Crippen LogP contribution is -2.20. The summed E-state index contributed by atoms with van der Waals surface area (Å²) in [6, 6.07) is 13.2. The van der Waals surface area contributed by atoms with Crippen LogP contribution in [0.3, 0.4) is 0 Å². The molecule has 1 aromatic heterocycles. The first-order chi connectivity index (χ1) is 11.1. The standard InChI is InChI=1S/C17H15FN2O2S/c1-20-16(21)14-4-2-3-5-15(14)19-17(20)23-11-10-22-13-8-6-12(18)7-9-13/h2-9H,10-11H2,1H3. The Balaban J connectivity index is 1.66. The van der Waals surface area contributed by atoms with Crippen LogP contribution in [0.5, 0.6) is 5.75 Å². The van der Waals surface area contributed by atoms with Crippen LogP contribution < -0.4 is 10.3 Å². The SMILES string of the molecule is Cn1c(SCCOc2ccc(F)cc2)nc2ccccc2c1=O. The van der Waals surface area contributed by atoms with Gasteiger partial charge >= 0.3 is 0 Å². The number of fused-ring (bicyclic) bond motifs is 1. The molecular formula is C17H15FN2O2S. The number of hydrogen-bond acceptors (Lipinski definition) is 4. The second-order valence-electron chi connectivity index (χ2n) is 4.93. The number of nitrogens with zero attached hydrogens (tertiary/aromatic N) is 2. The molecule has 0 aliphatic rings. The van der Waals surface area contributed by atoms with Crippen LogP contribution >= 0.6 is 11.8 Å². The first-order valence-corrected chi connectivity index (χ1v) is 8.10. The zero-order valence-corrected chi connectivity index (χ0v) is 13.3. The molecule has 23 heavy (non-hydrogen) atoms. The van der Waals surface area contributed by atoms with Gasteiger partial charge in [0.2, 0.25) is 0 Å². The van der Waals surface area contributed by atoms with E-state index in [0.717, 1.165) is 0 Å². The molecule has 2 aromatic carbocycles. The Kier molecular flexibility index (Phi) is 4.62. The fraction of sp³-hybridized carbons (Fsp3) is 0.176. The molecule has 4 nitrogen and oxygen atoms in total. The zero-order valence-electron chi connectivity index (χ0n) is 12.5. The highest BCUT2D eigenvalue weighted by Gasteiger charge is 2.08. The Morgan fingerprint density at radius 2 is 1.91 bits per heavy atom. The molecule has 0 fully saturated rings. The molecule has 0 radical (unpaired) electrons. The van der Waals surface area contributed by atoms with Gasteiger partial charge in [-0.25, -0.2) is 9.37 Å². The second-order valence-corrected chi connectivity index (χ2v) is 5.99. The molecule has 0 saturated carbocycles. The highest BCUT2D eigenvalue weighted by molar-refractivity contribution is 7.99. The monoisotopic (exact) mass is 330 g/mol. The largest absolute Gasteiger partial charge is 0.493 e. The predicted octanol–water partition coefficient (Wildman–Crippen LogP) is 3.24. The lowest BCUT2D eigenvalue weighted by Gasteiger charge is -2.09. The van der Waals surface area contributed by atoms with Gasteiger partial charge in [-0.15, -0.1) is 0 Å². The molecule has 6 heteroatoms. The van der Waals surface area contributed by atoms with Gasteiger partial charge in [-0.1, -0.05) is 23.9 Å². The maximum absolute atomic E-state index is 12.8. The van der Waals surface area contributed by atoms with Gasteiger partial charge in [-0.2, -0.15) is 0 Å². The van der Waals surface area contributed by atoms with E-state index in [-0.39, 0.29) is 11.4 Å². The summed E-state index contributed by atoms with van der Waals surface area (Å²) in [5, 5.41) is 1.26. The minimum Gasteiger partial charge on any atom is -0.493 e. The number of aromatic nitrogens is 2. The van der Waals surface area contributed by atoms with Crippen molar-refractivity contribution >= 4 is 22.7 Å². The normalized spacial score (nSPS) is 10.9. The van der Waals surface area contributed by atoms with Gasteiger partial charge < -0.3 is 4.74 Å². The van der Waals surface area contributed by atoms with Crippen LogP contribution in [0.4, 0.5) is 4.39 Å². The number of benzene rings is 2. The molecule has 0 atom stereocenters. The Hall–Kier alpha value is -2.34. The number of para-hydroxylation sites is 1. The fourth-order valence-corrected chi connectivity index (χ4v) is 2.94. The molecule has 0 bridgehead atoms. The number of ether oxygens (including phenoxy) is 1. The third kappa shape index (κ3) is 3.53. The van der Waals surface area contributed by atoms with Crippen LogP contribution in [0.2, 0.25) is 0 Å². The van der Waals surface area contributed by atoms with E-state index in [1.807, 2.05) is 18.2 Å². The van der Waals surface area contributed by atoms with E-state index in [1.54, 1.807) is 29.8 Å². The summed E-state index contributed by atoms with van der Waals surface area (Å²) in [6.45, 7) is 0.443. The maximum atomic E-state index is 12.8. The van der Waals surface area contributed by atoms with Gasteiger partial charge in [-0.3, -0.25) is 9.36 Å². The molecule has 0 unspecified atom stereocenters. The van der Waals surface area contributed by atoms with Crippen molar-refractivity contribution in [2.24, 2.45) is 7.05 Å². The van der Waals surface area contributed by atoms with E-state index in [0.29, 0.717) is 34.2 Å². The Bertz CT molecular complexity index is 878. The van der Waals surface area contributed by atoms with Crippen LogP contribution in [0.15, 0.2) is 58.5 Å². The highest BCUT2D eigenvalue weighted by atomic mass is 32.2. The molecule has 0 spiro atoms. The molecule has 3 aromatic rings. The van der Waals surface area contributed by atoms with Crippen LogP contribution in [-0.2, 0) is 7.05 Å². The van der Waals surface area contributed by atoms with Gasteiger partial charge in [0.15, 0.2) is 5.16 Å². The molecule has 0 aliphatic carbocycles. The molecule has 0 aliphatic heterocycles. The molecule has 0 N–H and O–H groups in total. The van der Waals surface area contributed by atoms with Crippen molar-refractivity contribution in [3.8, 4) is 5.75 Å². The van der Waals surface area contributed by atoms with E-state index in [2.05, 4.69) is 4.98 Å². The Morgan fingerprint density at radius 3 is 2.70 bits per heavy atom. The van der Waals surface area contributed by atoms with Crippen LogP contribution in [-0.4, -0.2) is 21.9 Å². The third-order valence-corrected chi connectivity index (χ3v) is 4.33. The van der Waals surface area contributed by atoms with Crippen molar-refractivity contribution in [3.63, 3.8) is 0 Å². The van der Waals surface area contributed by atoms with E-state index < -0.39 is 0 Å². The first-order valence-electron chi connectivity index (χ1n) is 7.12. The van der Waals surface area contributed by atoms with Crippen LogP contribution in [0, 0.1) is 5.82 Å². The van der Waals surface area contributed by atoms with Gasteiger partial charge in [0.1, 0.15) is 11.6 Å². The topological polar surface area (TPSA) is 44.1 Å². The molecule has 0 saturated heterocycles. The van der Waals surface area contributed by atoms with Crippen molar-refractivity contribution < 1.29 is 9.13 Å².